The first-order valence-corrected chi connectivity index (χ1v) is 12.8. The molecular weight excluding hydrogens is 401 g/mol. The molecule has 0 bridgehead atoms. The van der Waals surface area contributed by atoms with Crippen LogP contribution in [0.3, 0.4) is 0 Å². The van der Waals surface area contributed by atoms with Gasteiger partial charge in [-0.25, -0.2) is 0 Å². The molecule has 0 heterocycles. The minimum atomic E-state index is -0.927. The molecule has 0 unspecified atom stereocenters. The normalized spacial score (nSPS) is 10.3. The predicted molar refractivity (Wildman–Crippen MR) is 129 cm³/mol. The Kier molecular flexibility index (Phi) is 33.8. The van der Waals surface area contributed by atoms with E-state index in [-0.39, 0.29) is 35.9 Å². The number of carbonyl (C=O) groups is 2. The summed E-state index contributed by atoms with van der Waals surface area (Å²) >= 11 is 0. The van der Waals surface area contributed by atoms with Crippen molar-refractivity contribution >= 4 is 35.0 Å². The molecule has 0 aliphatic heterocycles. The van der Waals surface area contributed by atoms with Crippen LogP contribution in [-0.2, 0) is 9.59 Å². The van der Waals surface area contributed by atoms with Crippen LogP contribution in [0.25, 0.3) is 0 Å². The summed E-state index contributed by atoms with van der Waals surface area (Å²) in [6.45, 7) is 6.54. The third kappa shape index (κ3) is 40.6. The number of carboxylic acid groups (broad SMARTS) is 2. The molecule has 0 radical (unpaired) electrons. The number of hydrogen-bond acceptors (Lipinski definition) is 4. The van der Waals surface area contributed by atoms with E-state index in [2.05, 4.69) is 20.8 Å². The van der Waals surface area contributed by atoms with E-state index in [1.807, 2.05) is 0 Å². The van der Waals surface area contributed by atoms with Crippen LogP contribution in [-0.4, -0.2) is 35.0 Å². The van der Waals surface area contributed by atoms with Crippen LogP contribution in [0.5, 0.6) is 0 Å². The smallest absolute Gasteiger partial charge is 0.550 e. The maximum Gasteiger partial charge on any atom is 2.00 e. The topological polar surface area (TPSA) is 80.3 Å². The number of carbonyl (C=O) groups excluding carboxylic acids is 2. The predicted octanol–water partition coefficient (Wildman–Crippen LogP) is 5.57. The molecule has 0 spiro atoms. The Hall–Kier alpha value is -0.294. The van der Waals surface area contributed by atoms with Gasteiger partial charge in [0.15, 0.2) is 0 Å². The Balaban J connectivity index is -0.000000604. The van der Waals surface area contributed by atoms with Gasteiger partial charge in [0.2, 0.25) is 0 Å². The van der Waals surface area contributed by atoms with Gasteiger partial charge in [-0.3, -0.25) is 0 Å². The van der Waals surface area contributed by atoms with Gasteiger partial charge in [0.25, 0.3) is 0 Å². The molecule has 0 rings (SSSR count). The van der Waals surface area contributed by atoms with E-state index < -0.39 is 11.9 Å². The van der Waals surface area contributed by atoms with Gasteiger partial charge in [0, 0.05) is 11.9 Å². The van der Waals surface area contributed by atoms with Gasteiger partial charge in [-0.15, -0.1) is 0 Å². The van der Waals surface area contributed by atoms with Gasteiger partial charge < -0.3 is 19.8 Å². The standard InChI is InChI=1S/C18H36O2.C8H16O2.Mg/c1-2-3-4-5-6-7-8-9-10-11-12-13-14-15-16-17-18(19)20;1-7(2)5-3-4-6-8(9)10;/h2-17H2,1H3,(H,19,20);7H,3-6H2,1-2H3,(H,9,10);/q;;+2/p-2. The fourth-order valence-electron chi connectivity index (χ4n) is 3.46. The number of rotatable bonds is 21. The van der Waals surface area contributed by atoms with E-state index in [0.29, 0.717) is 5.92 Å². The van der Waals surface area contributed by atoms with E-state index in [1.54, 1.807) is 0 Å². The summed E-state index contributed by atoms with van der Waals surface area (Å²) in [5.41, 5.74) is 0. The molecule has 0 aliphatic rings. The molecule has 0 atom stereocenters. The summed E-state index contributed by atoms with van der Waals surface area (Å²) < 4.78 is 0. The van der Waals surface area contributed by atoms with Crippen LogP contribution >= 0.6 is 0 Å². The Morgan fingerprint density at radius 3 is 1.13 bits per heavy atom. The van der Waals surface area contributed by atoms with Crippen molar-refractivity contribution in [2.75, 3.05) is 0 Å². The first kappa shape index (κ1) is 35.3. The zero-order valence-corrected chi connectivity index (χ0v) is 22.5. The molecule has 4 nitrogen and oxygen atoms in total. The van der Waals surface area contributed by atoms with E-state index in [0.717, 1.165) is 32.1 Å². The molecule has 180 valence electrons. The molecule has 5 heteroatoms. The van der Waals surface area contributed by atoms with Crippen molar-refractivity contribution in [3.05, 3.63) is 0 Å². The molecular formula is C26H50MgO4. The number of aliphatic carboxylic acids is 2. The molecule has 0 aromatic carbocycles. The average molecular weight is 451 g/mol. The molecule has 0 aromatic heterocycles. The van der Waals surface area contributed by atoms with Gasteiger partial charge in [-0.05, 0) is 31.6 Å². The van der Waals surface area contributed by atoms with Gasteiger partial charge in [0.1, 0.15) is 0 Å². The van der Waals surface area contributed by atoms with Crippen molar-refractivity contribution in [2.24, 2.45) is 5.92 Å². The minimum absolute atomic E-state index is 0. The van der Waals surface area contributed by atoms with E-state index in [1.165, 1.54) is 83.5 Å². The fraction of sp³-hybridized carbons (Fsp3) is 0.923. The van der Waals surface area contributed by atoms with Crippen LogP contribution in [0.2, 0.25) is 0 Å². The summed E-state index contributed by atoms with van der Waals surface area (Å²) in [6.07, 6.45) is 23.0. The monoisotopic (exact) mass is 450 g/mol. The largest absolute Gasteiger partial charge is 2.00 e. The first-order chi connectivity index (χ1) is 14.4. The van der Waals surface area contributed by atoms with Crippen LogP contribution in [0.15, 0.2) is 0 Å². The molecule has 0 saturated heterocycles. The molecule has 31 heavy (non-hydrogen) atoms. The average Bonchev–Trinajstić information content (AvgIpc) is 2.68. The van der Waals surface area contributed by atoms with Crippen LogP contribution in [0.1, 0.15) is 149 Å². The van der Waals surface area contributed by atoms with Crippen LogP contribution in [0, 0.1) is 5.92 Å². The molecule has 0 fully saturated rings. The summed E-state index contributed by atoms with van der Waals surface area (Å²) in [5, 5.41) is 20.2. The molecule has 0 saturated carbocycles. The molecule has 0 aliphatic carbocycles. The molecule has 0 amide bonds. The van der Waals surface area contributed by atoms with Crippen molar-refractivity contribution < 1.29 is 19.8 Å². The third-order valence-electron chi connectivity index (χ3n) is 5.40. The number of hydrogen-bond donors (Lipinski definition) is 0. The molecule has 0 N–H and O–H groups in total. The van der Waals surface area contributed by atoms with E-state index >= 15 is 0 Å². The Morgan fingerprint density at radius 2 is 0.839 bits per heavy atom. The number of carboxylic acids is 2. The Bertz CT molecular complexity index is 372. The van der Waals surface area contributed by atoms with E-state index in [4.69, 9.17) is 0 Å². The third-order valence-corrected chi connectivity index (χ3v) is 5.40. The van der Waals surface area contributed by atoms with Crippen LogP contribution < -0.4 is 10.2 Å². The second-order valence-corrected chi connectivity index (χ2v) is 9.08. The zero-order chi connectivity index (χ0) is 22.9. The second kappa shape index (κ2) is 29.7. The first-order valence-electron chi connectivity index (χ1n) is 12.8. The second-order valence-electron chi connectivity index (χ2n) is 9.08. The Morgan fingerprint density at radius 1 is 0.548 bits per heavy atom. The van der Waals surface area contributed by atoms with Crippen molar-refractivity contribution in [1.82, 2.24) is 0 Å². The summed E-state index contributed by atoms with van der Waals surface area (Å²) in [5.74, 6) is -1.15. The van der Waals surface area contributed by atoms with Crippen LogP contribution in [0.4, 0.5) is 0 Å². The quantitative estimate of drug-likeness (QED) is 0.169. The van der Waals surface area contributed by atoms with Crippen molar-refractivity contribution in [3.8, 4) is 0 Å². The van der Waals surface area contributed by atoms with E-state index in [9.17, 15) is 19.8 Å². The van der Waals surface area contributed by atoms with Gasteiger partial charge in [-0.1, -0.05) is 124 Å². The summed E-state index contributed by atoms with van der Waals surface area (Å²) in [6, 6.07) is 0. The van der Waals surface area contributed by atoms with Crippen molar-refractivity contribution in [2.45, 2.75) is 149 Å². The molecule has 0 aromatic rings. The Labute approximate surface area is 209 Å². The zero-order valence-electron chi connectivity index (χ0n) is 21.1. The summed E-state index contributed by atoms with van der Waals surface area (Å²) in [4.78, 5) is 20.2. The summed E-state index contributed by atoms with van der Waals surface area (Å²) in [7, 11) is 0. The van der Waals surface area contributed by atoms with Gasteiger partial charge in [-0.2, -0.15) is 0 Å². The van der Waals surface area contributed by atoms with Gasteiger partial charge in [0.05, 0.1) is 0 Å². The van der Waals surface area contributed by atoms with Crippen molar-refractivity contribution in [3.63, 3.8) is 0 Å². The maximum absolute atomic E-state index is 10.2. The van der Waals surface area contributed by atoms with Crippen molar-refractivity contribution in [1.29, 1.82) is 0 Å². The fourth-order valence-corrected chi connectivity index (χ4v) is 3.46. The SMILES string of the molecule is CC(C)CCCCC(=O)[O-].CCCCCCCCCCCCCCCCCC(=O)[O-].[Mg+2]. The minimum Gasteiger partial charge on any atom is -0.550 e. The number of unbranched alkanes of at least 4 members (excludes halogenated alkanes) is 15. The maximum atomic E-state index is 10.2. The van der Waals surface area contributed by atoms with Gasteiger partial charge >= 0.3 is 23.1 Å².